The SMILES string of the molecule is COCCOc1ccc(N2CCN(CCN3C(=O)N(C)N4C5=C(c6ccns6)N=CN(N)C5=NC34)CC2)c(F)c1. The molecule has 212 valence electrons. The first-order chi connectivity index (χ1) is 19.5. The zero-order valence-electron chi connectivity index (χ0n) is 22.3. The Kier molecular flexibility index (Phi) is 7.27. The average molecular weight is 571 g/mol. The van der Waals surface area contributed by atoms with E-state index in [4.69, 9.17) is 20.3 Å². The second kappa shape index (κ2) is 11.0. The molecule has 5 heterocycles. The molecule has 1 atom stereocenters. The summed E-state index contributed by atoms with van der Waals surface area (Å²) in [6.45, 7) is 4.82. The van der Waals surface area contributed by atoms with Crippen molar-refractivity contribution in [2.24, 2.45) is 15.8 Å². The molecule has 40 heavy (non-hydrogen) atoms. The normalized spacial score (nSPS) is 21.0. The Balaban J connectivity index is 1.09. The van der Waals surface area contributed by atoms with Crippen LogP contribution in [0.25, 0.3) is 5.70 Å². The van der Waals surface area contributed by atoms with Crippen LogP contribution in [0, 0.1) is 5.82 Å². The first-order valence-electron chi connectivity index (χ1n) is 13.0. The second-order valence-corrected chi connectivity index (χ2v) is 10.5. The summed E-state index contributed by atoms with van der Waals surface area (Å²) in [5.41, 5.74) is 1.93. The molecule has 2 aromatic rings. The Morgan fingerprint density at radius 2 is 1.98 bits per heavy atom. The summed E-state index contributed by atoms with van der Waals surface area (Å²) in [5, 5.41) is 4.79. The van der Waals surface area contributed by atoms with Gasteiger partial charge in [0.1, 0.15) is 35.9 Å². The predicted octanol–water partition coefficient (Wildman–Crippen LogP) is 1.30. The number of urea groups is 1. The van der Waals surface area contributed by atoms with Crippen molar-refractivity contribution in [2.75, 3.05) is 71.5 Å². The zero-order chi connectivity index (χ0) is 27.8. The van der Waals surface area contributed by atoms with Gasteiger partial charge in [-0.05, 0) is 29.7 Å². The number of methoxy groups -OCH3 is 1. The third-order valence-corrected chi connectivity index (χ3v) is 8.07. The Morgan fingerprint density at radius 1 is 1.15 bits per heavy atom. The lowest BCUT2D eigenvalue weighted by atomic mass is 10.2. The van der Waals surface area contributed by atoms with Crippen LogP contribution in [0.1, 0.15) is 4.88 Å². The van der Waals surface area contributed by atoms with E-state index in [0.717, 1.165) is 18.0 Å². The van der Waals surface area contributed by atoms with E-state index in [0.29, 0.717) is 68.1 Å². The van der Waals surface area contributed by atoms with Crippen LogP contribution in [-0.4, -0.2) is 120 Å². The van der Waals surface area contributed by atoms with Crippen molar-refractivity contribution >= 4 is 41.1 Å². The Morgan fingerprint density at radius 3 is 2.70 bits per heavy atom. The molecule has 2 amide bonds. The highest BCUT2D eigenvalue weighted by atomic mass is 32.1. The molecule has 0 radical (unpaired) electrons. The van der Waals surface area contributed by atoms with Gasteiger partial charge in [-0.2, -0.15) is 0 Å². The topological polar surface area (TPSA) is 119 Å². The van der Waals surface area contributed by atoms with E-state index in [9.17, 15) is 9.18 Å². The number of carbonyl (C=O) groups excluding carboxylic acids is 1. The highest BCUT2D eigenvalue weighted by Crippen LogP contribution is 2.39. The summed E-state index contributed by atoms with van der Waals surface area (Å²) in [7, 11) is 3.32. The first-order valence-corrected chi connectivity index (χ1v) is 13.8. The quantitative estimate of drug-likeness (QED) is 0.352. The minimum Gasteiger partial charge on any atom is -0.491 e. The summed E-state index contributed by atoms with van der Waals surface area (Å²) in [4.78, 5) is 29.5. The first kappa shape index (κ1) is 26.4. The van der Waals surface area contributed by atoms with Crippen molar-refractivity contribution < 1.29 is 18.7 Å². The molecule has 2 fully saturated rings. The number of aliphatic imine (C=N–C) groups is 2. The molecule has 4 aliphatic heterocycles. The molecule has 1 aromatic heterocycles. The summed E-state index contributed by atoms with van der Waals surface area (Å²) >= 11 is 1.32. The van der Waals surface area contributed by atoms with Crippen LogP contribution in [0.15, 0.2) is 46.1 Å². The fraction of sp³-hybridized carbons (Fsp3) is 0.440. The lowest BCUT2D eigenvalue weighted by Crippen LogP contribution is -2.49. The fourth-order valence-corrected chi connectivity index (χ4v) is 5.83. The van der Waals surface area contributed by atoms with Gasteiger partial charge >= 0.3 is 6.03 Å². The molecule has 0 bridgehead atoms. The van der Waals surface area contributed by atoms with Gasteiger partial charge in [0.25, 0.3) is 0 Å². The maximum absolute atomic E-state index is 14.8. The minimum atomic E-state index is -0.543. The number of aromatic nitrogens is 1. The number of benzene rings is 1. The van der Waals surface area contributed by atoms with Crippen molar-refractivity contribution in [3.63, 3.8) is 0 Å². The molecule has 0 spiro atoms. The summed E-state index contributed by atoms with van der Waals surface area (Å²) in [6, 6.07) is 6.71. The van der Waals surface area contributed by atoms with Gasteiger partial charge in [-0.1, -0.05) is 0 Å². The molecule has 13 nitrogen and oxygen atoms in total. The molecule has 1 aromatic carbocycles. The highest BCUT2D eigenvalue weighted by Gasteiger charge is 2.51. The van der Waals surface area contributed by atoms with E-state index in [1.165, 1.54) is 28.9 Å². The van der Waals surface area contributed by atoms with Crippen LogP contribution in [0.5, 0.6) is 5.75 Å². The van der Waals surface area contributed by atoms with Gasteiger partial charge in [-0.3, -0.25) is 9.80 Å². The Hall–Kier alpha value is -3.79. The van der Waals surface area contributed by atoms with Crippen molar-refractivity contribution in [3.05, 3.63) is 46.9 Å². The van der Waals surface area contributed by atoms with Crippen molar-refractivity contribution in [1.82, 2.24) is 29.2 Å². The van der Waals surface area contributed by atoms with Gasteiger partial charge in [0.05, 0.1) is 17.2 Å². The van der Waals surface area contributed by atoms with Gasteiger partial charge in [0.2, 0.25) is 6.29 Å². The number of fused-ring (bicyclic) bond motifs is 3. The van der Waals surface area contributed by atoms with E-state index in [-0.39, 0.29) is 11.8 Å². The summed E-state index contributed by atoms with van der Waals surface area (Å²) < 4.78 is 29.5. The number of nitrogens with two attached hydrogens (primary N) is 1. The van der Waals surface area contributed by atoms with Crippen LogP contribution in [0.2, 0.25) is 0 Å². The minimum absolute atomic E-state index is 0.143. The molecule has 1 unspecified atom stereocenters. The van der Waals surface area contributed by atoms with E-state index in [1.54, 1.807) is 42.4 Å². The maximum atomic E-state index is 14.8. The molecule has 2 N–H and O–H groups in total. The largest absolute Gasteiger partial charge is 0.491 e. The number of ether oxygens (including phenoxy) is 2. The third kappa shape index (κ3) is 4.74. The summed E-state index contributed by atoms with van der Waals surface area (Å²) in [6.07, 6.45) is 2.70. The standard InChI is InChI=1S/C25H31FN10O3S/c1-31-25(37)34(24-30-23-22(36(24)31)21(28-16-35(23)27)20-5-6-29-40-20)12-9-32-7-10-33(11-8-32)19-4-3-17(15-18(19)26)39-14-13-38-2/h3-6,15-16,24H,7-14,27H2,1-2H3. The van der Waals surface area contributed by atoms with Gasteiger partial charge in [-0.25, -0.2) is 44.4 Å². The number of hydrazine groups is 2. The lowest BCUT2D eigenvalue weighted by Gasteiger charge is -2.37. The van der Waals surface area contributed by atoms with Crippen LogP contribution >= 0.6 is 11.5 Å². The number of piperazine rings is 1. The van der Waals surface area contributed by atoms with E-state index >= 15 is 0 Å². The van der Waals surface area contributed by atoms with Crippen molar-refractivity contribution in [2.45, 2.75) is 6.29 Å². The Bertz CT molecular complexity index is 1340. The lowest BCUT2D eigenvalue weighted by molar-refractivity contribution is 0.0842. The Labute approximate surface area is 235 Å². The van der Waals surface area contributed by atoms with Gasteiger partial charge < -0.3 is 14.4 Å². The number of hydrogen-bond acceptors (Lipinski definition) is 12. The van der Waals surface area contributed by atoms with Crippen LogP contribution in [0.3, 0.4) is 0 Å². The van der Waals surface area contributed by atoms with E-state index < -0.39 is 6.29 Å². The number of amidine groups is 1. The van der Waals surface area contributed by atoms with Gasteiger partial charge in [-0.15, -0.1) is 0 Å². The highest BCUT2D eigenvalue weighted by molar-refractivity contribution is 7.07. The fourth-order valence-electron chi connectivity index (χ4n) is 5.23. The van der Waals surface area contributed by atoms with Crippen LogP contribution in [-0.2, 0) is 4.74 Å². The number of nitrogens with zero attached hydrogens (tertiary/aromatic N) is 9. The number of carbonyl (C=O) groups is 1. The number of anilines is 1. The predicted molar refractivity (Wildman–Crippen MR) is 149 cm³/mol. The second-order valence-electron chi connectivity index (χ2n) is 9.65. The van der Waals surface area contributed by atoms with Gasteiger partial charge in [0.15, 0.2) is 5.84 Å². The molecule has 2 saturated heterocycles. The average Bonchev–Trinajstić information content (AvgIpc) is 3.68. The molecular weight excluding hydrogens is 539 g/mol. The van der Waals surface area contributed by atoms with Crippen LogP contribution < -0.4 is 15.5 Å². The third-order valence-electron chi connectivity index (χ3n) is 7.32. The molecule has 0 aliphatic carbocycles. The number of hydrogen-bond donors (Lipinski definition) is 1. The number of halogens is 1. The molecule has 4 aliphatic rings. The van der Waals surface area contributed by atoms with Crippen LogP contribution in [0.4, 0.5) is 14.9 Å². The maximum Gasteiger partial charge on any atom is 0.341 e. The molecule has 15 heteroatoms. The molecule has 6 rings (SSSR count). The van der Waals surface area contributed by atoms with Crippen molar-refractivity contribution in [1.29, 1.82) is 0 Å². The molecular formula is C25H31FN10O3S. The van der Waals surface area contributed by atoms with E-state index in [2.05, 4.69) is 14.3 Å². The number of amides is 2. The van der Waals surface area contributed by atoms with Crippen molar-refractivity contribution in [3.8, 4) is 5.75 Å². The summed E-state index contributed by atoms with van der Waals surface area (Å²) in [5.74, 6) is 6.91. The molecule has 0 saturated carbocycles. The monoisotopic (exact) mass is 570 g/mol. The van der Waals surface area contributed by atoms with Gasteiger partial charge in [0, 0.05) is 65.7 Å². The smallest absolute Gasteiger partial charge is 0.341 e. The zero-order valence-corrected chi connectivity index (χ0v) is 23.1. The van der Waals surface area contributed by atoms with E-state index in [1.807, 2.05) is 16.0 Å². The number of rotatable bonds is 9.